The molecule has 2 aromatic heterocycles. The van der Waals surface area contributed by atoms with E-state index in [-0.39, 0.29) is 12.6 Å². The molecular formula is C30H47N7O5S. The van der Waals surface area contributed by atoms with Crippen molar-refractivity contribution in [3.05, 3.63) is 71.8 Å². The lowest BCUT2D eigenvalue weighted by Gasteiger charge is -2.29. The van der Waals surface area contributed by atoms with E-state index in [2.05, 4.69) is 50.5 Å². The molecule has 1 unspecified atom stereocenters. The minimum atomic E-state index is -4.48. The lowest BCUT2D eigenvalue weighted by molar-refractivity contribution is -0.142. The van der Waals surface area contributed by atoms with Crippen LogP contribution in [0.3, 0.4) is 0 Å². The van der Waals surface area contributed by atoms with Gasteiger partial charge in [0.15, 0.2) is 0 Å². The standard InChI is InChI=1S/C30H47N7O5S/c1-4-16-35(17-5-2)18-6-7-19-36(27(30(38)39)23-43(40,41)42)20-25-8-10-26(11-9-25)21-37(22-28-31-12-13-32-28)24(3)29-33-14-15-34-29/h8-15,24,27H,4-7,16-23H2,1-3H3,(H,31,32)(H,33,34)(H,38,39)(H,40,41,42)/t24?,27-/m0/s1. The summed E-state index contributed by atoms with van der Waals surface area (Å²) in [7, 11) is -4.48. The van der Waals surface area contributed by atoms with Crippen LogP contribution in [0.5, 0.6) is 0 Å². The molecule has 238 valence electrons. The van der Waals surface area contributed by atoms with Crippen LogP contribution in [0.4, 0.5) is 0 Å². The number of nitrogens with zero attached hydrogens (tertiary/aromatic N) is 5. The van der Waals surface area contributed by atoms with Gasteiger partial charge < -0.3 is 20.0 Å². The van der Waals surface area contributed by atoms with Crippen LogP contribution in [0, 0.1) is 0 Å². The Balaban J connectivity index is 1.72. The van der Waals surface area contributed by atoms with Crippen LogP contribution in [0.1, 0.15) is 75.3 Å². The van der Waals surface area contributed by atoms with E-state index in [1.807, 2.05) is 24.3 Å². The molecule has 3 rings (SSSR count). The second kappa shape index (κ2) is 17.3. The first-order valence-electron chi connectivity index (χ1n) is 15.0. The van der Waals surface area contributed by atoms with Crippen LogP contribution in [0.15, 0.2) is 49.1 Å². The Morgan fingerprint density at radius 1 is 0.860 bits per heavy atom. The average Bonchev–Trinajstić information content (AvgIpc) is 3.68. The second-order valence-corrected chi connectivity index (χ2v) is 12.5. The number of carboxylic acid groups (broad SMARTS) is 1. The van der Waals surface area contributed by atoms with Crippen LogP contribution in [0.25, 0.3) is 0 Å². The number of H-pyrrole nitrogens is 2. The summed E-state index contributed by atoms with van der Waals surface area (Å²) in [4.78, 5) is 33.6. The van der Waals surface area contributed by atoms with E-state index in [0.29, 0.717) is 26.1 Å². The minimum Gasteiger partial charge on any atom is -0.480 e. The third kappa shape index (κ3) is 11.8. The molecule has 0 saturated carbocycles. The molecule has 3 aromatic rings. The molecule has 12 nitrogen and oxygen atoms in total. The van der Waals surface area contributed by atoms with Crippen molar-refractivity contribution in [1.29, 1.82) is 0 Å². The summed E-state index contributed by atoms with van der Waals surface area (Å²) in [5.41, 5.74) is 1.92. The van der Waals surface area contributed by atoms with E-state index < -0.39 is 27.9 Å². The van der Waals surface area contributed by atoms with E-state index in [9.17, 15) is 22.9 Å². The third-order valence-electron chi connectivity index (χ3n) is 7.51. The molecule has 0 aliphatic rings. The van der Waals surface area contributed by atoms with Gasteiger partial charge in [-0.3, -0.25) is 19.1 Å². The van der Waals surface area contributed by atoms with Gasteiger partial charge in [-0.1, -0.05) is 38.1 Å². The second-order valence-electron chi connectivity index (χ2n) is 11.0. The molecule has 0 radical (unpaired) electrons. The highest BCUT2D eigenvalue weighted by molar-refractivity contribution is 7.85. The maximum atomic E-state index is 12.1. The summed E-state index contributed by atoms with van der Waals surface area (Å²) in [5.74, 6) is -0.431. The smallest absolute Gasteiger partial charge is 0.322 e. The zero-order valence-corrected chi connectivity index (χ0v) is 26.3. The molecule has 0 spiro atoms. The summed E-state index contributed by atoms with van der Waals surface area (Å²) in [5, 5.41) is 9.90. The Kier molecular flexibility index (Phi) is 13.8. The Labute approximate surface area is 255 Å². The normalized spacial score (nSPS) is 13.7. The first-order valence-corrected chi connectivity index (χ1v) is 16.6. The quantitative estimate of drug-likeness (QED) is 0.102. The number of hydrogen-bond donors (Lipinski definition) is 4. The number of unbranched alkanes of at least 4 members (excludes halogenated alkanes) is 1. The Morgan fingerprint density at radius 3 is 1.95 bits per heavy atom. The number of benzene rings is 1. The van der Waals surface area contributed by atoms with E-state index >= 15 is 0 Å². The number of carboxylic acids is 1. The molecule has 4 N–H and O–H groups in total. The van der Waals surface area contributed by atoms with Gasteiger partial charge >= 0.3 is 5.97 Å². The fraction of sp³-hybridized carbons (Fsp3) is 0.567. The third-order valence-corrected chi connectivity index (χ3v) is 8.25. The zero-order chi connectivity index (χ0) is 31.2. The first kappa shape index (κ1) is 34.4. The molecule has 0 aliphatic heterocycles. The van der Waals surface area contributed by atoms with Gasteiger partial charge in [0, 0.05) is 37.9 Å². The Bertz CT molecular complexity index is 1300. The number of imidazole rings is 2. The van der Waals surface area contributed by atoms with Crippen molar-refractivity contribution in [1.82, 2.24) is 34.6 Å². The summed E-state index contributed by atoms with van der Waals surface area (Å²) in [6.07, 6.45) is 10.8. The highest BCUT2D eigenvalue weighted by Crippen LogP contribution is 2.22. The lowest BCUT2D eigenvalue weighted by atomic mass is 10.1. The van der Waals surface area contributed by atoms with E-state index in [0.717, 1.165) is 61.7 Å². The van der Waals surface area contributed by atoms with E-state index in [1.165, 1.54) is 0 Å². The van der Waals surface area contributed by atoms with Gasteiger partial charge in [0.1, 0.15) is 23.4 Å². The fourth-order valence-electron chi connectivity index (χ4n) is 5.30. The molecular weight excluding hydrogens is 570 g/mol. The number of aromatic amines is 2. The van der Waals surface area contributed by atoms with Gasteiger partial charge in [0.05, 0.1) is 12.6 Å². The minimum absolute atomic E-state index is 0.00222. The summed E-state index contributed by atoms with van der Waals surface area (Å²) in [6, 6.07) is 6.54. The van der Waals surface area contributed by atoms with Gasteiger partial charge in [0.25, 0.3) is 10.1 Å². The molecule has 2 heterocycles. The van der Waals surface area contributed by atoms with Gasteiger partial charge in [-0.25, -0.2) is 9.97 Å². The summed E-state index contributed by atoms with van der Waals surface area (Å²) in [6.45, 7) is 11.2. The van der Waals surface area contributed by atoms with Crippen molar-refractivity contribution in [2.24, 2.45) is 0 Å². The number of aromatic nitrogens is 4. The number of rotatable bonds is 21. The maximum Gasteiger partial charge on any atom is 0.322 e. The van der Waals surface area contributed by atoms with Crippen LogP contribution in [0.2, 0.25) is 0 Å². The van der Waals surface area contributed by atoms with Crippen molar-refractivity contribution >= 4 is 16.1 Å². The largest absolute Gasteiger partial charge is 0.480 e. The predicted molar refractivity (Wildman–Crippen MR) is 166 cm³/mol. The van der Waals surface area contributed by atoms with Crippen molar-refractivity contribution in [3.63, 3.8) is 0 Å². The Hall–Kier alpha value is -3.10. The van der Waals surface area contributed by atoms with Gasteiger partial charge in [-0.05, 0) is 69.9 Å². The topological polar surface area (TPSA) is 159 Å². The van der Waals surface area contributed by atoms with Crippen LogP contribution < -0.4 is 0 Å². The molecule has 0 amide bonds. The van der Waals surface area contributed by atoms with Gasteiger partial charge in [0.2, 0.25) is 0 Å². The molecule has 13 heteroatoms. The fourth-order valence-corrected chi connectivity index (χ4v) is 6.05. The molecule has 2 atom stereocenters. The van der Waals surface area contributed by atoms with Crippen LogP contribution >= 0.6 is 0 Å². The summed E-state index contributed by atoms with van der Waals surface area (Å²) >= 11 is 0. The monoisotopic (exact) mass is 617 g/mol. The van der Waals surface area contributed by atoms with Gasteiger partial charge in [-0.15, -0.1) is 0 Å². The Morgan fingerprint density at radius 2 is 1.44 bits per heavy atom. The average molecular weight is 618 g/mol. The zero-order valence-electron chi connectivity index (χ0n) is 25.5. The highest BCUT2D eigenvalue weighted by Gasteiger charge is 2.30. The van der Waals surface area contributed by atoms with Crippen molar-refractivity contribution in [2.45, 2.75) is 78.2 Å². The predicted octanol–water partition coefficient (Wildman–Crippen LogP) is 3.94. The van der Waals surface area contributed by atoms with Gasteiger partial charge in [-0.2, -0.15) is 8.42 Å². The molecule has 0 fully saturated rings. The molecule has 0 bridgehead atoms. The van der Waals surface area contributed by atoms with Crippen molar-refractivity contribution in [3.8, 4) is 0 Å². The molecule has 0 aliphatic carbocycles. The molecule has 0 saturated heterocycles. The lowest BCUT2D eigenvalue weighted by Crippen LogP contribution is -2.45. The number of hydrogen-bond acceptors (Lipinski definition) is 8. The summed E-state index contributed by atoms with van der Waals surface area (Å²) < 4.78 is 32.9. The number of aliphatic carboxylic acids is 1. The van der Waals surface area contributed by atoms with E-state index in [4.69, 9.17) is 0 Å². The van der Waals surface area contributed by atoms with Crippen LogP contribution in [-0.4, -0.2) is 96.7 Å². The van der Waals surface area contributed by atoms with Crippen molar-refractivity contribution < 1.29 is 22.9 Å². The highest BCUT2D eigenvalue weighted by atomic mass is 32.2. The maximum absolute atomic E-state index is 12.1. The van der Waals surface area contributed by atoms with Crippen LogP contribution in [-0.2, 0) is 34.5 Å². The number of carbonyl (C=O) groups is 1. The SMILES string of the molecule is CCCN(CCC)CCCCN(Cc1ccc(CN(Cc2ncc[nH]2)C(C)c2ncc[nH]2)cc1)[C@@H](CS(=O)(=O)O)C(=O)O. The van der Waals surface area contributed by atoms with E-state index in [1.54, 1.807) is 29.7 Å². The number of nitrogens with one attached hydrogen (secondary N) is 2. The molecule has 43 heavy (non-hydrogen) atoms. The molecule has 1 aromatic carbocycles. The first-order chi connectivity index (χ1) is 20.6. The van der Waals surface area contributed by atoms with Crippen molar-refractivity contribution in [2.75, 3.05) is 31.9 Å².